The van der Waals surface area contributed by atoms with Crippen LogP contribution < -0.4 is 5.32 Å². The van der Waals surface area contributed by atoms with Crippen LogP contribution in [0.15, 0.2) is 24.3 Å². The number of benzene rings is 1. The average Bonchev–Trinajstić information content (AvgIpc) is 2.87. The third-order valence-electron chi connectivity index (χ3n) is 3.78. The Morgan fingerprint density at radius 2 is 1.95 bits per heavy atom. The van der Waals surface area contributed by atoms with Crippen molar-refractivity contribution in [3.8, 4) is 5.69 Å². The zero-order valence-electron chi connectivity index (χ0n) is 13.6. The minimum Gasteiger partial charge on any atom is -0.309 e. The van der Waals surface area contributed by atoms with E-state index in [1.54, 1.807) is 0 Å². The summed E-state index contributed by atoms with van der Waals surface area (Å²) >= 11 is 0. The minimum atomic E-state index is 0.233. The summed E-state index contributed by atoms with van der Waals surface area (Å²) in [6.45, 7) is 9.62. The van der Waals surface area contributed by atoms with Crippen molar-refractivity contribution in [1.29, 1.82) is 0 Å². The Bertz CT molecular complexity index is 574. The van der Waals surface area contributed by atoms with Gasteiger partial charge in [0, 0.05) is 0 Å². The van der Waals surface area contributed by atoms with Crippen LogP contribution in [0.2, 0.25) is 0 Å². The van der Waals surface area contributed by atoms with Gasteiger partial charge >= 0.3 is 0 Å². The number of aryl methyl sites for hydroxylation is 1. The van der Waals surface area contributed by atoms with Crippen molar-refractivity contribution in [1.82, 2.24) is 20.3 Å². The molecule has 0 bridgehead atoms. The van der Waals surface area contributed by atoms with Gasteiger partial charge in [0.05, 0.1) is 17.4 Å². The smallest absolute Gasteiger partial charge is 0.103 e. The largest absolute Gasteiger partial charge is 0.309 e. The number of aromatic nitrogens is 3. The summed E-state index contributed by atoms with van der Waals surface area (Å²) in [6, 6.07) is 8.69. The molecule has 0 saturated carbocycles. The van der Waals surface area contributed by atoms with Crippen LogP contribution >= 0.6 is 0 Å². The van der Waals surface area contributed by atoms with Crippen molar-refractivity contribution in [2.24, 2.45) is 0 Å². The van der Waals surface area contributed by atoms with Gasteiger partial charge < -0.3 is 5.32 Å². The lowest BCUT2D eigenvalue weighted by atomic mass is 10.1. The van der Waals surface area contributed by atoms with Crippen LogP contribution in [0.5, 0.6) is 0 Å². The van der Waals surface area contributed by atoms with Crippen molar-refractivity contribution >= 4 is 0 Å². The molecule has 1 aromatic heterocycles. The van der Waals surface area contributed by atoms with E-state index in [0.29, 0.717) is 0 Å². The fourth-order valence-corrected chi connectivity index (χ4v) is 2.63. The fraction of sp³-hybridized carbons (Fsp3) is 0.529. The molecule has 0 saturated heterocycles. The lowest BCUT2D eigenvalue weighted by Gasteiger charge is -2.13. The van der Waals surface area contributed by atoms with E-state index in [1.807, 2.05) is 4.68 Å². The third kappa shape index (κ3) is 3.50. The predicted molar refractivity (Wildman–Crippen MR) is 86.8 cm³/mol. The van der Waals surface area contributed by atoms with Gasteiger partial charge in [-0.3, -0.25) is 0 Å². The molecule has 1 heterocycles. The van der Waals surface area contributed by atoms with Gasteiger partial charge in [-0.25, -0.2) is 4.68 Å². The second-order valence-electron chi connectivity index (χ2n) is 5.53. The zero-order valence-corrected chi connectivity index (χ0v) is 13.6. The molecule has 0 aliphatic carbocycles. The number of nitrogens with one attached hydrogen (secondary N) is 1. The molecule has 0 fully saturated rings. The van der Waals surface area contributed by atoms with Crippen molar-refractivity contribution in [3.63, 3.8) is 0 Å². The standard InChI is InChI=1S/C17H26N4/c1-5-9-15-10-7-8-11-16(15)21-14(4)17(19-20-21)13(3)18-12-6-2/h7-8,10-11,13,18H,5-6,9,12H2,1-4H3. The van der Waals surface area contributed by atoms with Gasteiger partial charge in [0.15, 0.2) is 0 Å². The summed E-state index contributed by atoms with van der Waals surface area (Å²) in [5.74, 6) is 0. The Kier molecular flexibility index (Phi) is 5.51. The van der Waals surface area contributed by atoms with E-state index >= 15 is 0 Å². The molecule has 2 rings (SSSR count). The Morgan fingerprint density at radius 3 is 2.67 bits per heavy atom. The van der Waals surface area contributed by atoms with Crippen LogP contribution in [0.25, 0.3) is 5.69 Å². The molecule has 21 heavy (non-hydrogen) atoms. The number of hydrogen-bond acceptors (Lipinski definition) is 3. The topological polar surface area (TPSA) is 42.7 Å². The highest BCUT2D eigenvalue weighted by Gasteiger charge is 2.16. The normalized spacial score (nSPS) is 12.6. The lowest BCUT2D eigenvalue weighted by Crippen LogP contribution is -2.20. The third-order valence-corrected chi connectivity index (χ3v) is 3.78. The van der Waals surface area contributed by atoms with E-state index in [0.717, 1.165) is 42.9 Å². The first kappa shape index (κ1) is 15.7. The van der Waals surface area contributed by atoms with Crippen LogP contribution in [0.4, 0.5) is 0 Å². The van der Waals surface area contributed by atoms with Crippen molar-refractivity contribution in [2.75, 3.05) is 6.54 Å². The van der Waals surface area contributed by atoms with Gasteiger partial charge in [0.25, 0.3) is 0 Å². The quantitative estimate of drug-likeness (QED) is 0.846. The molecular weight excluding hydrogens is 260 g/mol. The summed E-state index contributed by atoms with van der Waals surface area (Å²) in [4.78, 5) is 0. The summed E-state index contributed by atoms with van der Waals surface area (Å²) < 4.78 is 1.98. The van der Waals surface area contributed by atoms with E-state index in [2.05, 4.69) is 67.6 Å². The highest BCUT2D eigenvalue weighted by atomic mass is 15.4. The fourth-order valence-electron chi connectivity index (χ4n) is 2.63. The molecule has 1 N–H and O–H groups in total. The van der Waals surface area contributed by atoms with Crippen molar-refractivity contribution in [2.45, 2.75) is 53.0 Å². The summed E-state index contributed by atoms with van der Waals surface area (Å²) in [6.07, 6.45) is 3.32. The van der Waals surface area contributed by atoms with Gasteiger partial charge in [-0.15, -0.1) is 5.10 Å². The highest BCUT2D eigenvalue weighted by Crippen LogP contribution is 2.21. The van der Waals surface area contributed by atoms with E-state index in [-0.39, 0.29) is 6.04 Å². The maximum absolute atomic E-state index is 4.40. The molecule has 4 heteroatoms. The molecular formula is C17H26N4. The molecule has 2 aromatic rings. The number of hydrogen-bond donors (Lipinski definition) is 1. The SMILES string of the molecule is CCCNC(C)c1nnn(-c2ccccc2CCC)c1C. The predicted octanol–water partition coefficient (Wildman–Crippen LogP) is 3.59. The monoisotopic (exact) mass is 286 g/mol. The lowest BCUT2D eigenvalue weighted by molar-refractivity contribution is 0.555. The molecule has 0 spiro atoms. The molecule has 4 nitrogen and oxygen atoms in total. The Balaban J connectivity index is 2.32. The van der Waals surface area contributed by atoms with Crippen molar-refractivity contribution in [3.05, 3.63) is 41.2 Å². The zero-order chi connectivity index (χ0) is 15.2. The van der Waals surface area contributed by atoms with Gasteiger partial charge in [0.1, 0.15) is 5.69 Å². The first-order valence-corrected chi connectivity index (χ1v) is 7.92. The number of nitrogens with zero attached hydrogens (tertiary/aromatic N) is 3. The van der Waals surface area contributed by atoms with Gasteiger partial charge in [-0.2, -0.15) is 0 Å². The van der Waals surface area contributed by atoms with Crippen LogP contribution in [0, 0.1) is 6.92 Å². The van der Waals surface area contributed by atoms with Crippen LogP contribution in [0.3, 0.4) is 0 Å². The molecule has 1 aromatic carbocycles. The summed E-state index contributed by atoms with van der Waals surface area (Å²) in [5, 5.41) is 12.3. The molecule has 0 aliphatic heterocycles. The Labute approximate surface area is 127 Å². The molecule has 1 atom stereocenters. The van der Waals surface area contributed by atoms with Crippen LogP contribution in [-0.4, -0.2) is 21.5 Å². The van der Waals surface area contributed by atoms with Gasteiger partial charge in [0.2, 0.25) is 0 Å². The average molecular weight is 286 g/mol. The minimum absolute atomic E-state index is 0.233. The second-order valence-corrected chi connectivity index (χ2v) is 5.53. The van der Waals surface area contributed by atoms with Crippen LogP contribution in [0.1, 0.15) is 56.6 Å². The van der Waals surface area contributed by atoms with E-state index < -0.39 is 0 Å². The maximum atomic E-state index is 4.40. The van der Waals surface area contributed by atoms with E-state index in [1.165, 1.54) is 5.56 Å². The molecule has 114 valence electrons. The summed E-state index contributed by atoms with van der Waals surface area (Å²) in [5.41, 5.74) is 4.64. The maximum Gasteiger partial charge on any atom is 0.103 e. The van der Waals surface area contributed by atoms with E-state index in [4.69, 9.17) is 0 Å². The molecule has 0 amide bonds. The molecule has 0 radical (unpaired) electrons. The van der Waals surface area contributed by atoms with Crippen LogP contribution in [-0.2, 0) is 6.42 Å². The van der Waals surface area contributed by atoms with E-state index in [9.17, 15) is 0 Å². The first-order valence-electron chi connectivity index (χ1n) is 7.92. The Morgan fingerprint density at radius 1 is 1.19 bits per heavy atom. The first-order chi connectivity index (χ1) is 10.2. The second kappa shape index (κ2) is 7.36. The van der Waals surface area contributed by atoms with Gasteiger partial charge in [-0.1, -0.05) is 43.7 Å². The van der Waals surface area contributed by atoms with Crippen molar-refractivity contribution < 1.29 is 0 Å². The highest BCUT2D eigenvalue weighted by molar-refractivity contribution is 5.42. The summed E-state index contributed by atoms with van der Waals surface area (Å²) in [7, 11) is 0. The van der Waals surface area contributed by atoms with Gasteiger partial charge in [-0.05, 0) is 44.9 Å². The number of para-hydroxylation sites is 1. The molecule has 0 aliphatic rings. The Hall–Kier alpha value is -1.68. The molecule has 1 unspecified atom stereocenters. The number of rotatable bonds is 7.